The van der Waals surface area contributed by atoms with Gasteiger partial charge in [0.15, 0.2) is 5.82 Å². The number of thioether (sulfide) groups is 1. The summed E-state index contributed by atoms with van der Waals surface area (Å²) in [6, 6.07) is 8.35. The summed E-state index contributed by atoms with van der Waals surface area (Å²) in [5.41, 5.74) is 2.45. The summed E-state index contributed by atoms with van der Waals surface area (Å²) in [6.07, 6.45) is 3.75. The van der Waals surface area contributed by atoms with Crippen LogP contribution in [-0.2, 0) is 0 Å². The minimum Gasteiger partial charge on any atom is -0.384 e. The van der Waals surface area contributed by atoms with Crippen molar-refractivity contribution in [3.8, 4) is 0 Å². The van der Waals surface area contributed by atoms with Gasteiger partial charge in [-0.2, -0.15) is 16.7 Å². The van der Waals surface area contributed by atoms with E-state index in [4.69, 9.17) is 4.52 Å². The van der Waals surface area contributed by atoms with Crippen LogP contribution in [0.4, 0.5) is 5.69 Å². The predicted molar refractivity (Wildman–Crippen MR) is 80.1 cm³/mol. The fourth-order valence-electron chi connectivity index (χ4n) is 2.97. The summed E-state index contributed by atoms with van der Waals surface area (Å²) in [5.74, 6) is 3.04. The van der Waals surface area contributed by atoms with E-state index in [9.17, 15) is 0 Å². The first-order valence-electron chi connectivity index (χ1n) is 7.20. The van der Waals surface area contributed by atoms with E-state index in [1.807, 2.05) is 17.8 Å². The summed E-state index contributed by atoms with van der Waals surface area (Å²) in [7, 11) is 0. The summed E-state index contributed by atoms with van der Waals surface area (Å²) < 4.78 is 5.54. The molecular weight excluding hydrogens is 270 g/mol. The summed E-state index contributed by atoms with van der Waals surface area (Å²) in [5, 5.41) is 8.05. The smallest absolute Gasteiger partial charge is 0.236 e. The molecule has 1 fully saturated rings. The molecule has 0 aliphatic carbocycles. The zero-order chi connectivity index (χ0) is 13.4. The number of nitrogens with one attached hydrogen (secondary N) is 1. The molecule has 0 bridgehead atoms. The molecule has 20 heavy (non-hydrogen) atoms. The van der Waals surface area contributed by atoms with E-state index in [-0.39, 0.29) is 5.92 Å². The highest BCUT2D eigenvalue weighted by atomic mass is 32.2. The molecule has 3 heterocycles. The van der Waals surface area contributed by atoms with Crippen LogP contribution >= 0.6 is 11.8 Å². The Morgan fingerprint density at radius 3 is 3.10 bits per heavy atom. The van der Waals surface area contributed by atoms with Crippen LogP contribution in [0.2, 0.25) is 0 Å². The van der Waals surface area contributed by atoms with E-state index in [0.29, 0.717) is 5.25 Å². The Hall–Kier alpha value is -1.49. The van der Waals surface area contributed by atoms with Crippen LogP contribution in [0, 0.1) is 0 Å². The van der Waals surface area contributed by atoms with Gasteiger partial charge >= 0.3 is 0 Å². The zero-order valence-corrected chi connectivity index (χ0v) is 12.0. The molecule has 0 saturated carbocycles. The van der Waals surface area contributed by atoms with Crippen molar-refractivity contribution in [1.82, 2.24) is 10.1 Å². The molecule has 1 saturated heterocycles. The quantitative estimate of drug-likeness (QED) is 0.915. The van der Waals surface area contributed by atoms with Gasteiger partial charge in [0, 0.05) is 12.2 Å². The minimum absolute atomic E-state index is 0.195. The van der Waals surface area contributed by atoms with Crippen LogP contribution in [0.15, 0.2) is 28.8 Å². The number of para-hydroxylation sites is 1. The normalized spacial score (nSPS) is 25.2. The number of aromatic nitrogens is 2. The number of fused-ring (bicyclic) bond motifs is 1. The maximum atomic E-state index is 5.54. The van der Waals surface area contributed by atoms with Crippen molar-refractivity contribution in [3.05, 3.63) is 41.5 Å². The van der Waals surface area contributed by atoms with Gasteiger partial charge in [0.1, 0.15) is 0 Å². The standard InChI is InChI=1S/C15H17N3OS/c1-2-6-12-10(5-1)11(9-16-12)15-17-14(18-19-15)13-7-3-4-8-20-13/h1-2,5-6,11,13,16H,3-4,7-9H2. The van der Waals surface area contributed by atoms with Crippen LogP contribution in [0.5, 0.6) is 0 Å². The first kappa shape index (κ1) is 12.3. The lowest BCUT2D eigenvalue weighted by Crippen LogP contribution is -2.06. The van der Waals surface area contributed by atoms with E-state index in [0.717, 1.165) is 18.3 Å². The monoisotopic (exact) mass is 287 g/mol. The predicted octanol–water partition coefficient (Wildman–Crippen LogP) is 3.59. The maximum Gasteiger partial charge on any atom is 0.236 e. The molecule has 0 amide bonds. The van der Waals surface area contributed by atoms with Gasteiger partial charge in [-0.1, -0.05) is 29.8 Å². The highest BCUT2D eigenvalue weighted by molar-refractivity contribution is 7.99. The number of hydrogen-bond acceptors (Lipinski definition) is 5. The molecule has 4 rings (SSSR count). The first-order valence-corrected chi connectivity index (χ1v) is 8.24. The third kappa shape index (κ3) is 2.10. The summed E-state index contributed by atoms with van der Waals surface area (Å²) >= 11 is 1.96. The lowest BCUT2D eigenvalue weighted by Gasteiger charge is -2.17. The molecular formula is C15H17N3OS. The van der Waals surface area contributed by atoms with Gasteiger partial charge in [0.05, 0.1) is 11.2 Å². The Bertz CT molecular complexity index is 607. The van der Waals surface area contributed by atoms with Crippen LogP contribution < -0.4 is 5.32 Å². The second kappa shape index (κ2) is 5.13. The van der Waals surface area contributed by atoms with Gasteiger partial charge < -0.3 is 9.84 Å². The third-order valence-electron chi connectivity index (χ3n) is 4.06. The summed E-state index contributed by atoms with van der Waals surface area (Å²) in [4.78, 5) is 4.68. The number of nitrogens with zero attached hydrogens (tertiary/aromatic N) is 2. The first-order chi connectivity index (χ1) is 9.92. The largest absolute Gasteiger partial charge is 0.384 e. The summed E-state index contributed by atoms with van der Waals surface area (Å²) in [6.45, 7) is 0.846. The van der Waals surface area contributed by atoms with Gasteiger partial charge in [0.2, 0.25) is 5.89 Å². The Labute approximate surface area is 122 Å². The fourth-order valence-corrected chi connectivity index (χ4v) is 4.20. The van der Waals surface area contributed by atoms with E-state index in [1.165, 1.54) is 36.3 Å². The van der Waals surface area contributed by atoms with Crippen molar-refractivity contribution in [1.29, 1.82) is 0 Å². The highest BCUT2D eigenvalue weighted by Gasteiger charge is 2.30. The van der Waals surface area contributed by atoms with Crippen LogP contribution in [-0.4, -0.2) is 22.4 Å². The van der Waals surface area contributed by atoms with Crippen molar-refractivity contribution in [2.24, 2.45) is 0 Å². The molecule has 2 aromatic rings. The zero-order valence-electron chi connectivity index (χ0n) is 11.2. The van der Waals surface area contributed by atoms with Crippen molar-refractivity contribution < 1.29 is 4.52 Å². The highest BCUT2D eigenvalue weighted by Crippen LogP contribution is 2.39. The van der Waals surface area contributed by atoms with Crippen LogP contribution in [0.3, 0.4) is 0 Å². The number of benzene rings is 1. The SMILES string of the molecule is c1ccc2c(c1)NCC2c1nc(C2CCCCS2)no1. The molecule has 5 heteroatoms. The van der Waals surface area contributed by atoms with Crippen LogP contribution in [0.1, 0.15) is 47.7 Å². The average molecular weight is 287 g/mol. The van der Waals surface area contributed by atoms with Gasteiger partial charge in [0.25, 0.3) is 0 Å². The molecule has 2 aliphatic rings. The Morgan fingerprint density at radius 2 is 2.20 bits per heavy atom. The average Bonchev–Trinajstić information content (AvgIpc) is 3.14. The van der Waals surface area contributed by atoms with Crippen LogP contribution in [0.25, 0.3) is 0 Å². The minimum atomic E-state index is 0.195. The van der Waals surface area contributed by atoms with Crippen molar-refractivity contribution in [2.75, 3.05) is 17.6 Å². The second-order valence-electron chi connectivity index (χ2n) is 5.37. The molecule has 0 spiro atoms. The third-order valence-corrected chi connectivity index (χ3v) is 5.43. The van der Waals surface area contributed by atoms with Gasteiger partial charge in [-0.3, -0.25) is 0 Å². The lowest BCUT2D eigenvalue weighted by atomic mass is 10.0. The molecule has 104 valence electrons. The topological polar surface area (TPSA) is 51.0 Å². The molecule has 2 aliphatic heterocycles. The van der Waals surface area contributed by atoms with E-state index < -0.39 is 0 Å². The van der Waals surface area contributed by atoms with Crippen molar-refractivity contribution in [3.63, 3.8) is 0 Å². The molecule has 1 aromatic carbocycles. The molecule has 4 nitrogen and oxygen atoms in total. The van der Waals surface area contributed by atoms with E-state index in [1.54, 1.807) is 0 Å². The van der Waals surface area contributed by atoms with Gasteiger partial charge in [-0.05, 0) is 30.2 Å². The van der Waals surface area contributed by atoms with Gasteiger partial charge in [-0.15, -0.1) is 0 Å². The maximum absolute atomic E-state index is 5.54. The van der Waals surface area contributed by atoms with E-state index in [2.05, 4.69) is 33.7 Å². The number of anilines is 1. The molecule has 1 aromatic heterocycles. The second-order valence-corrected chi connectivity index (χ2v) is 6.68. The van der Waals surface area contributed by atoms with Gasteiger partial charge in [-0.25, -0.2) is 0 Å². The van der Waals surface area contributed by atoms with Crippen molar-refractivity contribution >= 4 is 17.4 Å². The molecule has 0 radical (unpaired) electrons. The Balaban J connectivity index is 1.59. The fraction of sp³-hybridized carbons (Fsp3) is 0.467. The number of hydrogen-bond donors (Lipinski definition) is 1. The lowest BCUT2D eigenvalue weighted by molar-refractivity contribution is 0.364. The van der Waals surface area contributed by atoms with Crippen molar-refractivity contribution in [2.45, 2.75) is 30.4 Å². The molecule has 2 unspecified atom stereocenters. The van der Waals surface area contributed by atoms with E-state index >= 15 is 0 Å². The Morgan fingerprint density at radius 1 is 1.25 bits per heavy atom. The Kier molecular flexibility index (Phi) is 3.14. The molecule has 1 N–H and O–H groups in total. The molecule has 2 atom stereocenters. The number of rotatable bonds is 2.